The third kappa shape index (κ3) is 2.80. The minimum Gasteiger partial charge on any atom is -0.497 e. The number of anilines is 2. The van der Waals surface area contributed by atoms with E-state index in [0.29, 0.717) is 16.4 Å². The second kappa shape index (κ2) is 5.74. The van der Waals surface area contributed by atoms with E-state index >= 15 is 0 Å². The Kier molecular flexibility index (Phi) is 4.04. The van der Waals surface area contributed by atoms with Crippen molar-refractivity contribution in [3.8, 4) is 11.5 Å². The van der Waals surface area contributed by atoms with Gasteiger partial charge in [0.1, 0.15) is 22.2 Å². The monoisotopic (exact) mass is 294 g/mol. The van der Waals surface area contributed by atoms with Gasteiger partial charge in [0.25, 0.3) is 5.56 Å². The topological polar surface area (TPSA) is 116 Å². The predicted molar refractivity (Wildman–Crippen MR) is 77.4 cm³/mol. The number of nitrogens with one attached hydrogen (secondary N) is 1. The molecule has 0 unspecified atom stereocenters. The van der Waals surface area contributed by atoms with Gasteiger partial charge in [0.05, 0.1) is 19.1 Å². The number of hydrogen-bond acceptors (Lipinski definition) is 7. The molecule has 0 saturated heterocycles. The number of nitrogens with zero attached hydrogens (tertiary/aromatic N) is 1. The van der Waals surface area contributed by atoms with Crippen LogP contribution >= 0.6 is 11.8 Å². The summed E-state index contributed by atoms with van der Waals surface area (Å²) in [7, 11) is 3.10. The van der Waals surface area contributed by atoms with E-state index < -0.39 is 5.56 Å². The third-order valence-electron chi connectivity index (χ3n) is 2.50. The van der Waals surface area contributed by atoms with Crippen molar-refractivity contribution in [1.29, 1.82) is 0 Å². The lowest BCUT2D eigenvalue weighted by atomic mass is 10.3. The highest BCUT2D eigenvalue weighted by Gasteiger charge is 2.13. The average molecular weight is 294 g/mol. The van der Waals surface area contributed by atoms with Crippen LogP contribution in [0.4, 0.5) is 11.8 Å². The van der Waals surface area contributed by atoms with E-state index in [-0.39, 0.29) is 16.7 Å². The molecule has 20 heavy (non-hydrogen) atoms. The van der Waals surface area contributed by atoms with Crippen molar-refractivity contribution in [1.82, 2.24) is 9.97 Å². The standard InChI is InChI=1S/C12H14N4O3S/c1-18-6-3-4-7(19-2)8(5-6)20-9-10(13)15-12(14)16-11(9)17/h3-5H,1-2H3,(H5,13,14,15,16,17). The number of H-pyrrole nitrogens is 1. The highest BCUT2D eigenvalue weighted by atomic mass is 32.2. The van der Waals surface area contributed by atoms with Crippen LogP contribution in [-0.2, 0) is 0 Å². The average Bonchev–Trinajstić information content (AvgIpc) is 2.42. The van der Waals surface area contributed by atoms with Crippen LogP contribution < -0.4 is 26.5 Å². The predicted octanol–water partition coefficient (Wildman–Crippen LogP) is 1.10. The molecule has 0 fully saturated rings. The van der Waals surface area contributed by atoms with Crippen LogP contribution in [0.1, 0.15) is 0 Å². The number of benzene rings is 1. The molecule has 0 aliphatic heterocycles. The third-order valence-corrected chi connectivity index (χ3v) is 3.64. The molecule has 0 amide bonds. The van der Waals surface area contributed by atoms with Crippen LogP contribution in [-0.4, -0.2) is 24.2 Å². The molecule has 0 atom stereocenters. The SMILES string of the molecule is COc1ccc(OC)c(Sc2c(N)nc(N)[nH]c2=O)c1. The molecular formula is C12H14N4O3S. The largest absolute Gasteiger partial charge is 0.497 e. The van der Waals surface area contributed by atoms with Gasteiger partial charge < -0.3 is 20.9 Å². The number of methoxy groups -OCH3 is 2. The van der Waals surface area contributed by atoms with Crippen molar-refractivity contribution < 1.29 is 9.47 Å². The number of aromatic amines is 1. The van der Waals surface area contributed by atoms with E-state index in [1.165, 1.54) is 0 Å². The summed E-state index contributed by atoms with van der Waals surface area (Å²) >= 11 is 1.14. The molecule has 0 saturated carbocycles. The van der Waals surface area contributed by atoms with Gasteiger partial charge in [-0.15, -0.1) is 0 Å². The summed E-state index contributed by atoms with van der Waals surface area (Å²) in [6.07, 6.45) is 0. The van der Waals surface area contributed by atoms with Crippen molar-refractivity contribution in [2.75, 3.05) is 25.7 Å². The summed E-state index contributed by atoms with van der Waals surface area (Å²) in [5.74, 6) is 1.30. The number of hydrogen-bond donors (Lipinski definition) is 3. The van der Waals surface area contributed by atoms with Gasteiger partial charge in [-0.3, -0.25) is 9.78 Å². The maximum atomic E-state index is 11.9. The maximum Gasteiger partial charge on any atom is 0.268 e. The second-order valence-corrected chi connectivity index (χ2v) is 4.84. The van der Waals surface area contributed by atoms with Crippen LogP contribution in [0.3, 0.4) is 0 Å². The van der Waals surface area contributed by atoms with E-state index in [0.717, 1.165) is 11.8 Å². The maximum absolute atomic E-state index is 11.9. The smallest absolute Gasteiger partial charge is 0.268 e. The number of nitrogens with two attached hydrogens (primary N) is 2. The van der Waals surface area contributed by atoms with Crippen LogP contribution in [0, 0.1) is 0 Å². The lowest BCUT2D eigenvalue weighted by molar-refractivity contribution is 0.394. The molecule has 1 aromatic carbocycles. The first kappa shape index (κ1) is 14.1. The van der Waals surface area contributed by atoms with Crippen molar-refractivity contribution in [2.45, 2.75) is 9.79 Å². The molecule has 0 aliphatic carbocycles. The summed E-state index contributed by atoms with van der Waals surface area (Å²) in [6.45, 7) is 0. The number of nitrogen functional groups attached to an aromatic ring is 2. The van der Waals surface area contributed by atoms with E-state index in [1.807, 2.05) is 0 Å². The minimum atomic E-state index is -0.398. The molecule has 0 radical (unpaired) electrons. The van der Waals surface area contributed by atoms with E-state index in [4.69, 9.17) is 20.9 Å². The summed E-state index contributed by atoms with van der Waals surface area (Å²) in [6, 6.07) is 5.26. The Morgan fingerprint density at radius 2 is 2.00 bits per heavy atom. The highest BCUT2D eigenvalue weighted by molar-refractivity contribution is 7.99. The first-order valence-electron chi connectivity index (χ1n) is 5.60. The molecule has 0 bridgehead atoms. The molecule has 0 aliphatic rings. The zero-order chi connectivity index (χ0) is 14.7. The highest BCUT2D eigenvalue weighted by Crippen LogP contribution is 2.37. The Hall–Kier alpha value is -2.35. The van der Waals surface area contributed by atoms with Gasteiger partial charge in [-0.1, -0.05) is 11.8 Å². The normalized spacial score (nSPS) is 10.3. The van der Waals surface area contributed by atoms with E-state index in [2.05, 4.69) is 9.97 Å². The minimum absolute atomic E-state index is 0.0190. The summed E-state index contributed by atoms with van der Waals surface area (Å²) < 4.78 is 10.4. The Labute approximate surface area is 119 Å². The van der Waals surface area contributed by atoms with Crippen molar-refractivity contribution in [3.63, 3.8) is 0 Å². The number of ether oxygens (including phenoxy) is 2. The lowest BCUT2D eigenvalue weighted by Gasteiger charge is -2.10. The summed E-state index contributed by atoms with van der Waals surface area (Å²) in [5.41, 5.74) is 10.8. The summed E-state index contributed by atoms with van der Waals surface area (Å²) in [4.78, 5) is 19.1. The van der Waals surface area contributed by atoms with Crippen LogP contribution in [0.2, 0.25) is 0 Å². The Morgan fingerprint density at radius 3 is 2.60 bits per heavy atom. The molecule has 8 heteroatoms. The molecule has 1 heterocycles. The number of rotatable bonds is 4. The van der Waals surface area contributed by atoms with Gasteiger partial charge in [-0.25, -0.2) is 0 Å². The summed E-state index contributed by atoms with van der Waals surface area (Å²) in [5, 5.41) is 0. The van der Waals surface area contributed by atoms with Crippen LogP contribution in [0.5, 0.6) is 11.5 Å². The fraction of sp³-hybridized carbons (Fsp3) is 0.167. The Bertz CT molecular complexity index is 687. The van der Waals surface area contributed by atoms with Gasteiger partial charge in [0.15, 0.2) is 0 Å². The van der Waals surface area contributed by atoms with Gasteiger partial charge in [0, 0.05) is 0 Å². The molecule has 7 nitrogen and oxygen atoms in total. The van der Waals surface area contributed by atoms with Crippen molar-refractivity contribution >= 4 is 23.5 Å². The van der Waals surface area contributed by atoms with E-state index in [1.54, 1.807) is 32.4 Å². The Morgan fingerprint density at radius 1 is 1.25 bits per heavy atom. The van der Waals surface area contributed by atoms with Crippen LogP contribution in [0.25, 0.3) is 0 Å². The first-order chi connectivity index (χ1) is 9.55. The zero-order valence-corrected chi connectivity index (χ0v) is 11.8. The molecule has 106 valence electrons. The first-order valence-corrected chi connectivity index (χ1v) is 6.42. The van der Waals surface area contributed by atoms with Gasteiger partial charge in [-0.2, -0.15) is 4.98 Å². The molecular weight excluding hydrogens is 280 g/mol. The van der Waals surface area contributed by atoms with Crippen LogP contribution in [0.15, 0.2) is 32.8 Å². The fourth-order valence-corrected chi connectivity index (χ4v) is 2.51. The molecule has 1 aromatic heterocycles. The molecule has 0 spiro atoms. The fourth-order valence-electron chi connectivity index (χ4n) is 1.57. The zero-order valence-electron chi connectivity index (χ0n) is 11.0. The molecule has 2 aromatic rings. The van der Waals surface area contributed by atoms with Gasteiger partial charge >= 0.3 is 0 Å². The van der Waals surface area contributed by atoms with E-state index in [9.17, 15) is 4.79 Å². The number of aromatic nitrogens is 2. The van der Waals surface area contributed by atoms with Crippen molar-refractivity contribution in [3.05, 3.63) is 28.6 Å². The van der Waals surface area contributed by atoms with Crippen molar-refractivity contribution in [2.24, 2.45) is 0 Å². The molecule has 5 N–H and O–H groups in total. The second-order valence-electron chi connectivity index (χ2n) is 3.78. The van der Waals surface area contributed by atoms with Gasteiger partial charge in [0.2, 0.25) is 5.95 Å². The van der Waals surface area contributed by atoms with Gasteiger partial charge in [-0.05, 0) is 18.2 Å². The quantitative estimate of drug-likeness (QED) is 0.773. The lowest BCUT2D eigenvalue weighted by Crippen LogP contribution is -2.15. The molecule has 2 rings (SSSR count). The Balaban J connectivity index is 2.46.